The van der Waals surface area contributed by atoms with E-state index in [9.17, 15) is 4.79 Å². The van der Waals surface area contributed by atoms with Crippen LogP contribution in [0, 0.1) is 0 Å². The Kier molecular flexibility index (Phi) is 4.46. The normalized spacial score (nSPS) is 10.4. The summed E-state index contributed by atoms with van der Waals surface area (Å²) in [4.78, 5) is 28.9. The van der Waals surface area contributed by atoms with Gasteiger partial charge >= 0.3 is 6.03 Å². The molecule has 0 aromatic carbocycles. The van der Waals surface area contributed by atoms with Gasteiger partial charge in [0.05, 0.1) is 24.6 Å². The maximum absolute atomic E-state index is 11.6. The number of ether oxygens (including phenoxy) is 1. The summed E-state index contributed by atoms with van der Waals surface area (Å²) in [6.45, 7) is 2.37. The van der Waals surface area contributed by atoms with Crippen molar-refractivity contribution in [1.29, 1.82) is 0 Å². The van der Waals surface area contributed by atoms with E-state index in [1.165, 1.54) is 0 Å². The van der Waals surface area contributed by atoms with E-state index in [1.54, 1.807) is 37.7 Å². The lowest BCUT2D eigenvalue weighted by Crippen LogP contribution is -2.28. The molecule has 3 aromatic heterocycles. The van der Waals surface area contributed by atoms with Crippen LogP contribution >= 0.6 is 0 Å². The van der Waals surface area contributed by atoms with Crippen molar-refractivity contribution in [3.8, 4) is 17.1 Å². The Bertz CT molecular complexity index is 883. The van der Waals surface area contributed by atoms with Crippen LogP contribution in [-0.2, 0) is 0 Å². The summed E-state index contributed by atoms with van der Waals surface area (Å²) in [7, 11) is 1.55. The highest BCUT2D eigenvalue weighted by atomic mass is 16.5. The minimum absolute atomic E-state index is 0.317. The zero-order valence-electron chi connectivity index (χ0n) is 13.3. The SMILES string of the molecule is CCNC(=O)Nc1ccc2ncc(-c3cccnc3OC)nc2n1. The molecular formula is C16H16N6O2. The first-order valence-electron chi connectivity index (χ1n) is 7.39. The number of hydrogen-bond acceptors (Lipinski definition) is 6. The van der Waals surface area contributed by atoms with E-state index in [0.717, 1.165) is 5.56 Å². The molecule has 122 valence electrons. The fourth-order valence-electron chi connectivity index (χ4n) is 2.17. The number of nitrogens with one attached hydrogen (secondary N) is 2. The number of urea groups is 1. The van der Waals surface area contributed by atoms with Gasteiger partial charge in [-0.2, -0.15) is 0 Å². The van der Waals surface area contributed by atoms with E-state index in [0.29, 0.717) is 35.1 Å². The molecule has 0 saturated carbocycles. The Balaban J connectivity index is 1.98. The van der Waals surface area contributed by atoms with Crippen molar-refractivity contribution >= 4 is 23.0 Å². The standard InChI is InChI=1S/C16H16N6O2/c1-3-17-16(23)22-13-7-6-11-14(21-13)20-12(9-19-11)10-5-4-8-18-15(10)24-2/h4-9H,3H2,1-2H3,(H2,17,20,21,22,23). The van der Waals surface area contributed by atoms with Crippen LogP contribution in [0.2, 0.25) is 0 Å². The minimum atomic E-state index is -0.317. The van der Waals surface area contributed by atoms with Gasteiger partial charge in [-0.3, -0.25) is 10.3 Å². The molecular weight excluding hydrogens is 308 g/mol. The molecule has 0 spiro atoms. The summed E-state index contributed by atoms with van der Waals surface area (Å²) in [6, 6.07) is 6.75. The van der Waals surface area contributed by atoms with Crippen LogP contribution in [0.1, 0.15) is 6.92 Å². The van der Waals surface area contributed by atoms with Crippen LogP contribution in [0.25, 0.3) is 22.4 Å². The summed E-state index contributed by atoms with van der Waals surface area (Å²) < 4.78 is 5.25. The van der Waals surface area contributed by atoms with Gasteiger partial charge in [0.1, 0.15) is 11.3 Å². The predicted molar refractivity (Wildman–Crippen MR) is 89.8 cm³/mol. The summed E-state index contributed by atoms with van der Waals surface area (Å²) in [6.07, 6.45) is 3.28. The van der Waals surface area contributed by atoms with E-state index >= 15 is 0 Å². The van der Waals surface area contributed by atoms with E-state index in [2.05, 4.69) is 30.6 Å². The first-order chi connectivity index (χ1) is 11.7. The zero-order valence-corrected chi connectivity index (χ0v) is 13.3. The molecule has 2 amide bonds. The van der Waals surface area contributed by atoms with Crippen LogP contribution in [0.4, 0.5) is 10.6 Å². The minimum Gasteiger partial charge on any atom is -0.481 e. The molecule has 0 aliphatic carbocycles. The molecule has 0 bridgehead atoms. The molecule has 0 aliphatic rings. The maximum atomic E-state index is 11.6. The number of carbonyl (C=O) groups excluding carboxylic acids is 1. The van der Waals surface area contributed by atoms with Crippen LogP contribution < -0.4 is 15.4 Å². The fourth-order valence-corrected chi connectivity index (χ4v) is 2.17. The quantitative estimate of drug-likeness (QED) is 0.763. The summed E-state index contributed by atoms with van der Waals surface area (Å²) in [5.74, 6) is 0.862. The molecule has 3 aromatic rings. The second-order valence-corrected chi connectivity index (χ2v) is 4.84. The Morgan fingerprint density at radius 1 is 1.21 bits per heavy atom. The number of amides is 2. The largest absolute Gasteiger partial charge is 0.481 e. The number of pyridine rings is 2. The van der Waals surface area contributed by atoms with E-state index < -0.39 is 0 Å². The number of aromatic nitrogens is 4. The van der Waals surface area contributed by atoms with Gasteiger partial charge < -0.3 is 10.1 Å². The van der Waals surface area contributed by atoms with Crippen molar-refractivity contribution in [3.05, 3.63) is 36.7 Å². The summed E-state index contributed by atoms with van der Waals surface area (Å²) >= 11 is 0. The van der Waals surface area contributed by atoms with Crippen LogP contribution in [0.5, 0.6) is 5.88 Å². The number of hydrogen-bond donors (Lipinski definition) is 2. The summed E-state index contributed by atoms with van der Waals surface area (Å²) in [5.41, 5.74) is 2.36. The smallest absolute Gasteiger partial charge is 0.320 e. The highest BCUT2D eigenvalue weighted by Gasteiger charge is 2.11. The fraction of sp³-hybridized carbons (Fsp3) is 0.188. The highest BCUT2D eigenvalue weighted by Crippen LogP contribution is 2.26. The van der Waals surface area contributed by atoms with Crippen molar-refractivity contribution in [1.82, 2.24) is 25.3 Å². The number of nitrogens with zero attached hydrogens (tertiary/aromatic N) is 4. The van der Waals surface area contributed by atoms with Gasteiger partial charge in [-0.25, -0.2) is 19.7 Å². The number of carbonyl (C=O) groups is 1. The van der Waals surface area contributed by atoms with Gasteiger partial charge in [-0.15, -0.1) is 0 Å². The maximum Gasteiger partial charge on any atom is 0.320 e. The molecule has 2 N–H and O–H groups in total. The topological polar surface area (TPSA) is 102 Å². The molecule has 0 radical (unpaired) electrons. The average Bonchev–Trinajstić information content (AvgIpc) is 2.61. The van der Waals surface area contributed by atoms with Gasteiger partial charge in [0.25, 0.3) is 0 Å². The third-order valence-corrected chi connectivity index (χ3v) is 3.23. The van der Waals surface area contributed by atoms with Gasteiger partial charge in [0.2, 0.25) is 5.88 Å². The van der Waals surface area contributed by atoms with Crippen molar-refractivity contribution in [2.45, 2.75) is 6.92 Å². The molecule has 0 atom stereocenters. The lowest BCUT2D eigenvalue weighted by atomic mass is 10.2. The predicted octanol–water partition coefficient (Wildman–Crippen LogP) is 2.24. The molecule has 0 unspecified atom stereocenters. The lowest BCUT2D eigenvalue weighted by Gasteiger charge is -2.08. The Hall–Kier alpha value is -3.29. The Labute approximate surface area is 138 Å². The number of methoxy groups -OCH3 is 1. The Morgan fingerprint density at radius 3 is 2.88 bits per heavy atom. The molecule has 0 fully saturated rings. The highest BCUT2D eigenvalue weighted by molar-refractivity contribution is 5.89. The number of anilines is 1. The van der Waals surface area contributed by atoms with Crippen molar-refractivity contribution in [2.75, 3.05) is 19.0 Å². The monoisotopic (exact) mass is 324 g/mol. The van der Waals surface area contributed by atoms with Crippen molar-refractivity contribution in [3.63, 3.8) is 0 Å². The third kappa shape index (κ3) is 3.22. The van der Waals surface area contributed by atoms with Gasteiger partial charge in [-0.1, -0.05) is 0 Å². The number of fused-ring (bicyclic) bond motifs is 1. The third-order valence-electron chi connectivity index (χ3n) is 3.23. The molecule has 3 heterocycles. The van der Waals surface area contributed by atoms with Gasteiger partial charge in [0, 0.05) is 12.7 Å². The van der Waals surface area contributed by atoms with Crippen LogP contribution in [-0.4, -0.2) is 39.6 Å². The first-order valence-corrected chi connectivity index (χ1v) is 7.39. The summed E-state index contributed by atoms with van der Waals surface area (Å²) in [5, 5.41) is 5.29. The van der Waals surface area contributed by atoms with E-state index in [4.69, 9.17) is 4.74 Å². The zero-order chi connectivity index (χ0) is 16.9. The van der Waals surface area contributed by atoms with Crippen molar-refractivity contribution in [2.24, 2.45) is 0 Å². The van der Waals surface area contributed by atoms with Crippen molar-refractivity contribution < 1.29 is 9.53 Å². The second-order valence-electron chi connectivity index (χ2n) is 4.84. The molecule has 0 aliphatic heterocycles. The molecule has 8 nitrogen and oxygen atoms in total. The van der Waals surface area contributed by atoms with E-state index in [1.807, 2.05) is 13.0 Å². The molecule has 24 heavy (non-hydrogen) atoms. The number of rotatable bonds is 4. The van der Waals surface area contributed by atoms with Gasteiger partial charge in [-0.05, 0) is 31.2 Å². The van der Waals surface area contributed by atoms with Crippen LogP contribution in [0.15, 0.2) is 36.7 Å². The second kappa shape index (κ2) is 6.86. The lowest BCUT2D eigenvalue weighted by molar-refractivity contribution is 0.252. The average molecular weight is 324 g/mol. The molecule has 3 rings (SSSR count). The van der Waals surface area contributed by atoms with Crippen LogP contribution in [0.3, 0.4) is 0 Å². The Morgan fingerprint density at radius 2 is 2.08 bits per heavy atom. The van der Waals surface area contributed by atoms with Gasteiger partial charge in [0.15, 0.2) is 5.65 Å². The molecule has 8 heteroatoms. The first kappa shape index (κ1) is 15.6. The molecule has 0 saturated heterocycles. The van der Waals surface area contributed by atoms with E-state index in [-0.39, 0.29) is 6.03 Å².